The van der Waals surface area contributed by atoms with Crippen LogP contribution in [-0.2, 0) is 4.79 Å². The summed E-state index contributed by atoms with van der Waals surface area (Å²) in [5, 5.41) is 5.19. The molecule has 0 aliphatic rings. The van der Waals surface area contributed by atoms with Gasteiger partial charge in [-0.2, -0.15) is 0 Å². The summed E-state index contributed by atoms with van der Waals surface area (Å²) in [6.07, 6.45) is 3.15. The van der Waals surface area contributed by atoms with Gasteiger partial charge in [0.05, 0.1) is 24.0 Å². The van der Waals surface area contributed by atoms with Crippen molar-refractivity contribution in [2.24, 2.45) is 0 Å². The van der Waals surface area contributed by atoms with Crippen LogP contribution in [0.25, 0.3) is 0 Å². The number of carbonyl (C=O) groups excluding carboxylic acids is 2. The third-order valence-electron chi connectivity index (χ3n) is 2.47. The van der Waals surface area contributed by atoms with Gasteiger partial charge in [0.25, 0.3) is 5.91 Å². The average Bonchev–Trinajstić information content (AvgIpc) is 2.46. The maximum atomic E-state index is 11.9. The maximum absolute atomic E-state index is 11.9. The molecule has 0 bridgehead atoms. The Morgan fingerprint density at radius 3 is 2.65 bits per heavy atom. The molecule has 2 aromatic rings. The van der Waals surface area contributed by atoms with Gasteiger partial charge in [0.1, 0.15) is 0 Å². The number of halogens is 1. The van der Waals surface area contributed by atoms with E-state index in [1.165, 1.54) is 6.20 Å². The lowest BCUT2D eigenvalue weighted by atomic mass is 10.2. The number of rotatable bonds is 4. The smallest absolute Gasteiger partial charge is 0.252 e. The second kappa shape index (κ2) is 6.81. The number of hydrogen-bond acceptors (Lipinski definition) is 3. The molecule has 0 saturated heterocycles. The topological polar surface area (TPSA) is 71.1 Å². The molecule has 0 radical (unpaired) electrons. The van der Waals surface area contributed by atoms with Crippen LogP contribution in [0.4, 0.5) is 5.69 Å². The van der Waals surface area contributed by atoms with Gasteiger partial charge in [-0.1, -0.05) is 12.1 Å². The van der Waals surface area contributed by atoms with Crippen molar-refractivity contribution in [3.8, 4) is 0 Å². The molecule has 0 aliphatic heterocycles. The van der Waals surface area contributed by atoms with E-state index in [4.69, 9.17) is 0 Å². The molecule has 1 aromatic carbocycles. The van der Waals surface area contributed by atoms with E-state index in [9.17, 15) is 9.59 Å². The highest BCUT2D eigenvalue weighted by atomic mass is 79.9. The first-order valence-corrected chi connectivity index (χ1v) is 6.69. The summed E-state index contributed by atoms with van der Waals surface area (Å²) >= 11 is 3.29. The number of nitrogens with zero attached hydrogens (tertiary/aromatic N) is 1. The molecule has 20 heavy (non-hydrogen) atoms. The molecule has 0 atom stereocenters. The Kier molecular flexibility index (Phi) is 4.84. The Bertz CT molecular complexity index is 617. The summed E-state index contributed by atoms with van der Waals surface area (Å²) in [6, 6.07) is 10.5. The first-order valence-electron chi connectivity index (χ1n) is 5.89. The van der Waals surface area contributed by atoms with Crippen LogP contribution in [0.3, 0.4) is 0 Å². The van der Waals surface area contributed by atoms with Crippen molar-refractivity contribution in [1.29, 1.82) is 0 Å². The van der Waals surface area contributed by atoms with E-state index in [1.54, 1.807) is 36.5 Å². The number of benzene rings is 1. The Morgan fingerprint density at radius 1 is 1.15 bits per heavy atom. The molecule has 1 heterocycles. The minimum atomic E-state index is -0.307. The molecular weight excluding hydrogens is 322 g/mol. The van der Waals surface area contributed by atoms with Crippen LogP contribution in [-0.4, -0.2) is 23.3 Å². The van der Waals surface area contributed by atoms with Crippen molar-refractivity contribution in [3.63, 3.8) is 0 Å². The van der Waals surface area contributed by atoms with Crippen molar-refractivity contribution >= 4 is 33.4 Å². The number of carbonyl (C=O) groups is 2. The fourth-order valence-electron chi connectivity index (χ4n) is 1.54. The fourth-order valence-corrected chi connectivity index (χ4v) is 2.01. The monoisotopic (exact) mass is 333 g/mol. The zero-order valence-corrected chi connectivity index (χ0v) is 12.1. The summed E-state index contributed by atoms with van der Waals surface area (Å²) in [7, 11) is 0. The number of anilines is 1. The number of aromatic nitrogens is 1. The Labute approximate surface area is 124 Å². The lowest BCUT2D eigenvalue weighted by Gasteiger charge is -2.07. The zero-order valence-electron chi connectivity index (χ0n) is 10.5. The molecular formula is C14H12BrN3O2. The van der Waals surface area contributed by atoms with Gasteiger partial charge < -0.3 is 10.6 Å². The van der Waals surface area contributed by atoms with Gasteiger partial charge in [0.15, 0.2) is 0 Å². The Morgan fingerprint density at radius 2 is 1.95 bits per heavy atom. The molecule has 102 valence electrons. The van der Waals surface area contributed by atoms with Crippen molar-refractivity contribution in [2.45, 2.75) is 0 Å². The van der Waals surface area contributed by atoms with E-state index in [0.717, 1.165) is 0 Å². The summed E-state index contributed by atoms with van der Waals surface area (Å²) in [6.45, 7) is -0.102. The fraction of sp³-hybridized carbons (Fsp3) is 0.0714. The Balaban J connectivity index is 1.88. The molecule has 2 rings (SSSR count). The number of nitrogens with one attached hydrogen (secondary N) is 2. The summed E-state index contributed by atoms with van der Waals surface area (Å²) in [5.41, 5.74) is 1.08. The molecule has 0 aliphatic carbocycles. The standard InChI is InChI=1S/C14H12BrN3O2/c15-12-6-2-1-5-11(12)14(20)17-9-13(19)18-10-4-3-7-16-8-10/h1-8H,9H2,(H,17,20)(H,18,19). The van der Waals surface area contributed by atoms with Crippen molar-refractivity contribution in [1.82, 2.24) is 10.3 Å². The van der Waals surface area contributed by atoms with Gasteiger partial charge in [-0.05, 0) is 40.2 Å². The summed E-state index contributed by atoms with van der Waals surface area (Å²) in [5.74, 6) is -0.614. The lowest BCUT2D eigenvalue weighted by Crippen LogP contribution is -2.33. The second-order valence-corrected chi connectivity index (χ2v) is 4.81. The lowest BCUT2D eigenvalue weighted by molar-refractivity contribution is -0.115. The first kappa shape index (κ1) is 14.2. The van der Waals surface area contributed by atoms with Gasteiger partial charge in [0, 0.05) is 10.7 Å². The molecule has 2 N–H and O–H groups in total. The van der Waals surface area contributed by atoms with Gasteiger partial charge in [-0.3, -0.25) is 14.6 Å². The number of hydrogen-bond donors (Lipinski definition) is 2. The van der Waals surface area contributed by atoms with Crippen LogP contribution in [0.2, 0.25) is 0 Å². The van der Waals surface area contributed by atoms with Gasteiger partial charge >= 0.3 is 0 Å². The minimum Gasteiger partial charge on any atom is -0.343 e. The van der Waals surface area contributed by atoms with Crippen LogP contribution in [0, 0.1) is 0 Å². The van der Waals surface area contributed by atoms with E-state index in [2.05, 4.69) is 31.5 Å². The van der Waals surface area contributed by atoms with Crippen molar-refractivity contribution in [2.75, 3.05) is 11.9 Å². The SMILES string of the molecule is O=C(CNC(=O)c1ccccc1Br)Nc1cccnc1. The van der Waals surface area contributed by atoms with Crippen LogP contribution >= 0.6 is 15.9 Å². The molecule has 5 nitrogen and oxygen atoms in total. The maximum Gasteiger partial charge on any atom is 0.252 e. The number of pyridine rings is 1. The average molecular weight is 334 g/mol. The predicted molar refractivity (Wildman–Crippen MR) is 79.3 cm³/mol. The molecule has 0 saturated carbocycles. The van der Waals surface area contributed by atoms with Crippen molar-refractivity contribution < 1.29 is 9.59 Å². The van der Waals surface area contributed by atoms with E-state index < -0.39 is 0 Å². The number of amides is 2. The molecule has 0 fully saturated rings. The molecule has 6 heteroatoms. The molecule has 0 spiro atoms. The van der Waals surface area contributed by atoms with Crippen LogP contribution in [0.1, 0.15) is 10.4 Å². The highest BCUT2D eigenvalue weighted by Crippen LogP contribution is 2.15. The Hall–Kier alpha value is -2.21. The highest BCUT2D eigenvalue weighted by molar-refractivity contribution is 9.10. The third kappa shape index (κ3) is 3.89. The zero-order chi connectivity index (χ0) is 14.4. The molecule has 2 amide bonds. The van der Waals surface area contributed by atoms with E-state index in [-0.39, 0.29) is 18.4 Å². The van der Waals surface area contributed by atoms with E-state index in [0.29, 0.717) is 15.7 Å². The second-order valence-electron chi connectivity index (χ2n) is 3.95. The van der Waals surface area contributed by atoms with Gasteiger partial charge in [-0.25, -0.2) is 0 Å². The minimum absolute atomic E-state index is 0.102. The largest absolute Gasteiger partial charge is 0.343 e. The van der Waals surface area contributed by atoms with Crippen LogP contribution < -0.4 is 10.6 Å². The first-order chi connectivity index (χ1) is 9.66. The van der Waals surface area contributed by atoms with E-state index >= 15 is 0 Å². The predicted octanol–water partition coefficient (Wildman–Crippen LogP) is 2.21. The summed E-state index contributed by atoms with van der Waals surface area (Å²) < 4.78 is 0.685. The normalized spacial score (nSPS) is 9.85. The quantitative estimate of drug-likeness (QED) is 0.901. The molecule has 1 aromatic heterocycles. The highest BCUT2D eigenvalue weighted by Gasteiger charge is 2.10. The van der Waals surface area contributed by atoms with Gasteiger partial charge in [0.2, 0.25) is 5.91 Å². The van der Waals surface area contributed by atoms with Crippen LogP contribution in [0.15, 0.2) is 53.3 Å². The summed E-state index contributed by atoms with van der Waals surface area (Å²) in [4.78, 5) is 27.4. The third-order valence-corrected chi connectivity index (χ3v) is 3.16. The molecule has 0 unspecified atom stereocenters. The van der Waals surface area contributed by atoms with E-state index in [1.807, 2.05) is 6.07 Å². The van der Waals surface area contributed by atoms with Gasteiger partial charge in [-0.15, -0.1) is 0 Å². The van der Waals surface area contributed by atoms with Crippen LogP contribution in [0.5, 0.6) is 0 Å². The van der Waals surface area contributed by atoms with Crippen molar-refractivity contribution in [3.05, 3.63) is 58.8 Å².